The summed E-state index contributed by atoms with van der Waals surface area (Å²) in [6.07, 6.45) is 7.98. The lowest BCUT2D eigenvalue weighted by Crippen LogP contribution is -2.51. The Morgan fingerprint density at radius 1 is 1.14 bits per heavy atom. The van der Waals surface area contributed by atoms with Crippen molar-refractivity contribution in [3.8, 4) is 11.6 Å². The molecule has 1 aromatic heterocycles. The van der Waals surface area contributed by atoms with Gasteiger partial charge in [-0.15, -0.1) is 0 Å². The van der Waals surface area contributed by atoms with Crippen LogP contribution in [0, 0.1) is 11.3 Å². The number of carbonyl (C=O) groups is 2. The number of hydrogen-bond acceptors (Lipinski definition) is 7. The molecule has 2 aromatic rings. The molecule has 1 saturated carbocycles. The Morgan fingerprint density at radius 2 is 1.95 bits per heavy atom. The molecule has 5 atom stereocenters. The molecule has 0 spiro atoms. The van der Waals surface area contributed by atoms with Gasteiger partial charge in [0.15, 0.2) is 0 Å². The van der Waals surface area contributed by atoms with Gasteiger partial charge < -0.3 is 29.5 Å². The molecular formula is C34H45N3O6. The van der Waals surface area contributed by atoms with Crippen molar-refractivity contribution in [3.63, 3.8) is 0 Å². The molecule has 4 heterocycles. The molecule has 2 saturated heterocycles. The number of fused-ring (bicyclic) bond motifs is 1. The summed E-state index contributed by atoms with van der Waals surface area (Å²) in [4.78, 5) is 33.9. The largest absolute Gasteiger partial charge is 0.493 e. The first kappa shape index (κ1) is 29.9. The number of aliphatic carboxylic acids is 1. The van der Waals surface area contributed by atoms with Crippen LogP contribution in [0.5, 0.6) is 11.6 Å². The third kappa shape index (κ3) is 5.62. The maximum Gasteiger partial charge on any atom is 0.326 e. The number of nitrogens with zero attached hydrogens (tertiary/aromatic N) is 2. The van der Waals surface area contributed by atoms with Crippen LogP contribution < -0.4 is 14.8 Å². The van der Waals surface area contributed by atoms with Gasteiger partial charge >= 0.3 is 5.97 Å². The van der Waals surface area contributed by atoms with Crippen LogP contribution in [0.3, 0.4) is 0 Å². The van der Waals surface area contributed by atoms with Crippen molar-refractivity contribution in [2.75, 3.05) is 20.3 Å². The quantitative estimate of drug-likeness (QED) is 0.441. The predicted octanol–water partition coefficient (Wildman–Crippen LogP) is 5.02. The second-order valence-corrected chi connectivity index (χ2v) is 13.6. The van der Waals surface area contributed by atoms with E-state index in [1.165, 1.54) is 12.0 Å². The van der Waals surface area contributed by atoms with Crippen LogP contribution in [0.4, 0.5) is 0 Å². The van der Waals surface area contributed by atoms with Crippen LogP contribution in [0.1, 0.15) is 93.5 Å². The number of nitrogens with one attached hydrogen (secondary N) is 1. The monoisotopic (exact) mass is 591 g/mol. The van der Waals surface area contributed by atoms with E-state index in [1.807, 2.05) is 18.3 Å². The Balaban J connectivity index is 1.45. The second-order valence-electron chi connectivity index (χ2n) is 13.6. The molecule has 232 valence electrons. The molecule has 3 aliphatic heterocycles. The zero-order valence-electron chi connectivity index (χ0n) is 25.8. The molecule has 3 fully saturated rings. The zero-order valence-corrected chi connectivity index (χ0v) is 25.8. The first-order chi connectivity index (χ1) is 20.7. The molecule has 0 bridgehead atoms. The molecule has 4 aliphatic rings. The van der Waals surface area contributed by atoms with Crippen LogP contribution in [-0.2, 0) is 27.3 Å². The van der Waals surface area contributed by atoms with Crippen LogP contribution in [0.15, 0.2) is 30.5 Å². The second kappa shape index (κ2) is 12.1. The highest BCUT2D eigenvalue weighted by Gasteiger charge is 2.59. The summed E-state index contributed by atoms with van der Waals surface area (Å²) < 4.78 is 17.8. The SMILES string of the molecule is COc1ncc(C2CCC2)cc1CN[C@H]1[C@H](C(C)(C)C)[C@@H](C(=O)O)N(C(=O)[C@@H]2CCCCO2)[C@H]1c1cccc2c1OCC2. The summed E-state index contributed by atoms with van der Waals surface area (Å²) >= 11 is 0. The number of likely N-dealkylation sites (tertiary alicyclic amines) is 1. The van der Waals surface area contributed by atoms with E-state index in [4.69, 9.17) is 14.2 Å². The third-order valence-corrected chi connectivity index (χ3v) is 9.94. The number of pyridine rings is 1. The number of rotatable bonds is 8. The van der Waals surface area contributed by atoms with Gasteiger partial charge in [0, 0.05) is 48.9 Å². The highest BCUT2D eigenvalue weighted by Crippen LogP contribution is 2.51. The minimum Gasteiger partial charge on any atom is -0.493 e. The van der Waals surface area contributed by atoms with Gasteiger partial charge in [-0.1, -0.05) is 45.4 Å². The summed E-state index contributed by atoms with van der Waals surface area (Å²) in [6.45, 7) is 7.69. The first-order valence-corrected chi connectivity index (χ1v) is 15.9. The predicted molar refractivity (Wildman–Crippen MR) is 161 cm³/mol. The van der Waals surface area contributed by atoms with Gasteiger partial charge in [-0.3, -0.25) is 4.79 Å². The fourth-order valence-corrected chi connectivity index (χ4v) is 7.65. The van der Waals surface area contributed by atoms with Crippen LogP contribution in [0.2, 0.25) is 0 Å². The molecule has 9 nitrogen and oxygen atoms in total. The normalized spacial score (nSPS) is 27.3. The molecule has 2 N–H and O–H groups in total. The van der Waals surface area contributed by atoms with Crippen molar-refractivity contribution in [1.82, 2.24) is 15.2 Å². The van der Waals surface area contributed by atoms with Gasteiger partial charge in [-0.05, 0) is 60.6 Å². The highest BCUT2D eigenvalue weighted by atomic mass is 16.5. The third-order valence-electron chi connectivity index (χ3n) is 9.94. The number of carboxylic acid groups (broad SMARTS) is 1. The van der Waals surface area contributed by atoms with Crippen LogP contribution in [0.25, 0.3) is 0 Å². The maximum absolute atomic E-state index is 14.4. The number of carboxylic acids is 1. The van der Waals surface area contributed by atoms with E-state index in [0.29, 0.717) is 38.0 Å². The number of ether oxygens (including phenoxy) is 3. The summed E-state index contributed by atoms with van der Waals surface area (Å²) in [7, 11) is 1.63. The Bertz CT molecular complexity index is 1350. The van der Waals surface area contributed by atoms with Crippen molar-refractivity contribution >= 4 is 11.9 Å². The smallest absolute Gasteiger partial charge is 0.326 e. The number of methoxy groups -OCH3 is 1. The molecule has 6 rings (SSSR count). The number of carbonyl (C=O) groups excluding carboxylic acids is 1. The lowest BCUT2D eigenvalue weighted by molar-refractivity contribution is -0.159. The molecule has 43 heavy (non-hydrogen) atoms. The minimum atomic E-state index is -1.04. The molecule has 0 unspecified atom stereocenters. The molecule has 1 aliphatic carbocycles. The minimum absolute atomic E-state index is 0.252. The van der Waals surface area contributed by atoms with E-state index in [9.17, 15) is 14.7 Å². The Hall–Kier alpha value is -3.17. The van der Waals surface area contributed by atoms with Gasteiger partial charge in [-0.25, -0.2) is 9.78 Å². The topological polar surface area (TPSA) is 110 Å². The van der Waals surface area contributed by atoms with Gasteiger partial charge in [-0.2, -0.15) is 0 Å². The standard InChI is InChI=1S/C34H45N3O6/c1-34(2,3)26-27(35-19-23-17-22(20-9-7-10-20)18-36-31(23)41-4)28(24-12-8-11-21-14-16-43-30(21)24)37(29(26)33(39)40)32(38)25-13-5-6-15-42-25/h8,11-12,17-18,20,25-29,35H,5-7,9-10,13-16,19H2,1-4H3,(H,39,40)/t25-,26-,27-,28-,29-/m0/s1. The number of hydrogen-bond donors (Lipinski definition) is 2. The summed E-state index contributed by atoms with van der Waals surface area (Å²) in [5, 5.41) is 14.6. The number of benzene rings is 1. The van der Waals surface area contributed by atoms with Gasteiger partial charge in [0.25, 0.3) is 5.91 Å². The fourth-order valence-electron chi connectivity index (χ4n) is 7.65. The average Bonchev–Trinajstić information content (AvgIpc) is 3.58. The van der Waals surface area contributed by atoms with Crippen molar-refractivity contribution in [2.24, 2.45) is 11.3 Å². The van der Waals surface area contributed by atoms with E-state index in [0.717, 1.165) is 54.5 Å². The number of para-hydroxylation sites is 1. The summed E-state index contributed by atoms with van der Waals surface area (Å²) in [5.74, 6) is 0.179. The first-order valence-electron chi connectivity index (χ1n) is 15.9. The Morgan fingerprint density at radius 3 is 2.60 bits per heavy atom. The molecule has 1 aromatic carbocycles. The molecule has 1 amide bonds. The Kier molecular flexibility index (Phi) is 8.39. The summed E-state index contributed by atoms with van der Waals surface area (Å²) in [5.41, 5.74) is 3.63. The van der Waals surface area contributed by atoms with Crippen molar-refractivity contribution in [2.45, 2.75) is 102 Å². The lowest BCUT2D eigenvalue weighted by Gasteiger charge is -2.36. The van der Waals surface area contributed by atoms with Crippen molar-refractivity contribution < 1.29 is 28.9 Å². The highest BCUT2D eigenvalue weighted by molar-refractivity contribution is 5.88. The van der Waals surface area contributed by atoms with E-state index >= 15 is 0 Å². The summed E-state index contributed by atoms with van der Waals surface area (Å²) in [6, 6.07) is 6.22. The van der Waals surface area contributed by atoms with Crippen molar-refractivity contribution in [1.29, 1.82) is 0 Å². The van der Waals surface area contributed by atoms with Gasteiger partial charge in [0.1, 0.15) is 17.9 Å². The molecule has 0 radical (unpaired) electrons. The number of aromatic nitrogens is 1. The van der Waals surface area contributed by atoms with Gasteiger partial charge in [0.05, 0.1) is 19.8 Å². The fraction of sp³-hybridized carbons (Fsp3) is 0.618. The maximum atomic E-state index is 14.4. The van der Waals surface area contributed by atoms with Gasteiger partial charge in [0.2, 0.25) is 5.88 Å². The van der Waals surface area contributed by atoms with Crippen molar-refractivity contribution in [3.05, 3.63) is 52.7 Å². The lowest BCUT2D eigenvalue weighted by atomic mass is 9.72. The molecular weight excluding hydrogens is 546 g/mol. The zero-order chi connectivity index (χ0) is 30.3. The van der Waals surface area contributed by atoms with E-state index in [-0.39, 0.29) is 11.9 Å². The Labute approximate surface area is 254 Å². The number of amides is 1. The van der Waals surface area contributed by atoms with E-state index in [1.54, 1.807) is 12.0 Å². The van der Waals surface area contributed by atoms with Crippen LogP contribution in [-0.4, -0.2) is 65.4 Å². The van der Waals surface area contributed by atoms with Crippen LogP contribution >= 0.6 is 0 Å². The average molecular weight is 592 g/mol. The van der Waals surface area contributed by atoms with E-state index in [2.05, 4.69) is 43.2 Å². The molecule has 9 heteroatoms. The van der Waals surface area contributed by atoms with E-state index < -0.39 is 35.5 Å².